The first-order valence-electron chi connectivity index (χ1n) is 7.86. The summed E-state index contributed by atoms with van der Waals surface area (Å²) in [6.45, 7) is 4.96. The van der Waals surface area contributed by atoms with Crippen molar-refractivity contribution in [2.75, 3.05) is 19.6 Å². The van der Waals surface area contributed by atoms with Crippen LogP contribution in [0.15, 0.2) is 41.8 Å². The van der Waals surface area contributed by atoms with Crippen LogP contribution in [0.2, 0.25) is 0 Å². The Hall–Kier alpha value is -1.36. The highest BCUT2D eigenvalue weighted by Crippen LogP contribution is 2.27. The van der Waals surface area contributed by atoms with E-state index in [-0.39, 0.29) is 18.3 Å². The molecule has 1 saturated heterocycles. The zero-order chi connectivity index (χ0) is 15.4. The third-order valence-electron chi connectivity index (χ3n) is 4.22. The number of nitrogens with zero attached hydrogens (tertiary/aromatic N) is 1. The number of likely N-dealkylation sites (tertiary alicyclic amines) is 1. The van der Waals surface area contributed by atoms with Crippen molar-refractivity contribution in [1.29, 1.82) is 0 Å². The molecule has 1 N–H and O–H groups in total. The van der Waals surface area contributed by atoms with Gasteiger partial charge in [0.1, 0.15) is 0 Å². The largest absolute Gasteiger partial charge is 0.350 e. The summed E-state index contributed by atoms with van der Waals surface area (Å²) >= 11 is 1.77. The van der Waals surface area contributed by atoms with Crippen molar-refractivity contribution in [2.45, 2.75) is 25.8 Å². The van der Waals surface area contributed by atoms with Crippen molar-refractivity contribution in [3.05, 3.63) is 57.8 Å². The monoisotopic (exact) mass is 350 g/mol. The second-order valence-corrected chi connectivity index (χ2v) is 6.83. The zero-order valence-electron chi connectivity index (χ0n) is 13.3. The number of carbonyl (C=O) groups is 1. The van der Waals surface area contributed by atoms with Gasteiger partial charge in [-0.25, -0.2) is 0 Å². The lowest BCUT2D eigenvalue weighted by molar-refractivity contribution is 0.0938. The van der Waals surface area contributed by atoms with Crippen molar-refractivity contribution in [3.63, 3.8) is 0 Å². The molecule has 0 radical (unpaired) electrons. The Labute approximate surface area is 148 Å². The smallest absolute Gasteiger partial charge is 0.251 e. The summed E-state index contributed by atoms with van der Waals surface area (Å²) in [6, 6.07) is 12.3. The maximum atomic E-state index is 12.3. The summed E-state index contributed by atoms with van der Waals surface area (Å²) in [5, 5.41) is 5.22. The first-order chi connectivity index (χ1) is 10.7. The average molecular weight is 351 g/mol. The summed E-state index contributed by atoms with van der Waals surface area (Å²) in [5.41, 5.74) is 1.90. The Morgan fingerprint density at radius 3 is 2.52 bits per heavy atom. The standard InChI is InChI=1S/C18H22N2OS.ClH/c1-14-6-8-15(9-7-14)18(21)19-13-16(17-5-4-12-22-17)20-10-2-3-11-20;/h4-9,12,16H,2-3,10-11,13H2,1H3,(H,19,21);1H. The number of amides is 1. The molecule has 0 spiro atoms. The predicted octanol–water partition coefficient (Wildman–Crippen LogP) is 4.05. The van der Waals surface area contributed by atoms with Gasteiger partial charge < -0.3 is 5.32 Å². The van der Waals surface area contributed by atoms with Gasteiger partial charge in [0.2, 0.25) is 0 Å². The topological polar surface area (TPSA) is 32.3 Å². The molecule has 1 aromatic carbocycles. The molecule has 1 aliphatic rings. The lowest BCUT2D eigenvalue weighted by Gasteiger charge is -2.26. The summed E-state index contributed by atoms with van der Waals surface area (Å²) in [7, 11) is 0. The number of nitrogens with one attached hydrogen (secondary N) is 1. The van der Waals surface area contributed by atoms with Crippen LogP contribution in [0.1, 0.15) is 39.7 Å². The fourth-order valence-corrected chi connectivity index (χ4v) is 3.80. The molecule has 23 heavy (non-hydrogen) atoms. The van der Waals surface area contributed by atoms with Gasteiger partial charge in [-0.2, -0.15) is 0 Å². The van der Waals surface area contributed by atoms with E-state index in [4.69, 9.17) is 0 Å². The van der Waals surface area contributed by atoms with Gasteiger partial charge in [-0.05, 0) is 56.4 Å². The van der Waals surface area contributed by atoms with E-state index >= 15 is 0 Å². The fraction of sp³-hybridized carbons (Fsp3) is 0.389. The van der Waals surface area contributed by atoms with Crippen LogP contribution >= 0.6 is 23.7 Å². The Morgan fingerprint density at radius 2 is 1.91 bits per heavy atom. The van der Waals surface area contributed by atoms with E-state index in [0.717, 1.165) is 18.7 Å². The number of hydrogen-bond acceptors (Lipinski definition) is 3. The third kappa shape index (κ3) is 4.56. The van der Waals surface area contributed by atoms with Gasteiger partial charge in [0.25, 0.3) is 5.91 Å². The van der Waals surface area contributed by atoms with E-state index in [1.165, 1.54) is 23.3 Å². The molecule has 0 saturated carbocycles. The molecule has 0 bridgehead atoms. The third-order valence-corrected chi connectivity index (χ3v) is 5.20. The number of thiophene rings is 1. The molecular formula is C18H23ClN2OS. The number of carbonyl (C=O) groups excluding carboxylic acids is 1. The molecule has 0 aliphatic carbocycles. The van der Waals surface area contributed by atoms with Crippen LogP contribution in [0.3, 0.4) is 0 Å². The van der Waals surface area contributed by atoms with Gasteiger partial charge in [-0.3, -0.25) is 9.69 Å². The minimum Gasteiger partial charge on any atom is -0.350 e. The lowest BCUT2D eigenvalue weighted by Crippen LogP contribution is -2.36. The predicted molar refractivity (Wildman–Crippen MR) is 98.6 cm³/mol. The molecule has 1 aliphatic heterocycles. The first-order valence-corrected chi connectivity index (χ1v) is 8.74. The minimum absolute atomic E-state index is 0. The highest BCUT2D eigenvalue weighted by atomic mass is 35.5. The quantitative estimate of drug-likeness (QED) is 0.882. The molecule has 3 rings (SSSR count). The van der Waals surface area contributed by atoms with Crippen LogP contribution in [-0.4, -0.2) is 30.4 Å². The molecule has 3 nitrogen and oxygen atoms in total. The number of hydrogen-bond donors (Lipinski definition) is 1. The van der Waals surface area contributed by atoms with Crippen LogP contribution in [0.25, 0.3) is 0 Å². The molecule has 1 aromatic heterocycles. The number of rotatable bonds is 5. The van der Waals surface area contributed by atoms with Crippen LogP contribution in [0.5, 0.6) is 0 Å². The highest BCUT2D eigenvalue weighted by Gasteiger charge is 2.24. The van der Waals surface area contributed by atoms with Crippen LogP contribution in [0.4, 0.5) is 0 Å². The van der Waals surface area contributed by atoms with Gasteiger partial charge in [0.05, 0.1) is 6.04 Å². The van der Waals surface area contributed by atoms with Gasteiger partial charge in [-0.1, -0.05) is 23.8 Å². The number of aryl methyl sites for hydroxylation is 1. The SMILES string of the molecule is Cc1ccc(C(=O)NCC(c2cccs2)N2CCCC2)cc1.Cl. The van der Waals surface area contributed by atoms with Gasteiger partial charge in [0, 0.05) is 17.0 Å². The molecule has 1 fully saturated rings. The Morgan fingerprint density at radius 1 is 1.22 bits per heavy atom. The normalized spacial score (nSPS) is 15.9. The van der Waals surface area contributed by atoms with E-state index in [1.54, 1.807) is 11.3 Å². The molecular weight excluding hydrogens is 328 g/mol. The molecule has 5 heteroatoms. The van der Waals surface area contributed by atoms with E-state index in [9.17, 15) is 4.79 Å². The van der Waals surface area contributed by atoms with Crippen molar-refractivity contribution in [1.82, 2.24) is 10.2 Å². The van der Waals surface area contributed by atoms with Gasteiger partial charge in [0.15, 0.2) is 0 Å². The van der Waals surface area contributed by atoms with Crippen molar-refractivity contribution in [3.8, 4) is 0 Å². The summed E-state index contributed by atoms with van der Waals surface area (Å²) in [4.78, 5) is 16.1. The molecule has 2 aromatic rings. The Balaban J connectivity index is 0.00000192. The van der Waals surface area contributed by atoms with E-state index in [0.29, 0.717) is 12.6 Å². The summed E-state index contributed by atoms with van der Waals surface area (Å²) < 4.78 is 0. The molecule has 1 amide bonds. The first kappa shape index (κ1) is 18.0. The minimum atomic E-state index is 0. The van der Waals surface area contributed by atoms with Crippen LogP contribution < -0.4 is 5.32 Å². The number of halogens is 1. The van der Waals surface area contributed by atoms with E-state index < -0.39 is 0 Å². The second-order valence-electron chi connectivity index (χ2n) is 5.85. The maximum absolute atomic E-state index is 12.3. The fourth-order valence-electron chi connectivity index (χ4n) is 2.94. The summed E-state index contributed by atoms with van der Waals surface area (Å²) in [5.74, 6) is 0.0146. The summed E-state index contributed by atoms with van der Waals surface area (Å²) in [6.07, 6.45) is 2.52. The lowest BCUT2D eigenvalue weighted by atomic mass is 10.1. The zero-order valence-corrected chi connectivity index (χ0v) is 15.0. The van der Waals surface area contributed by atoms with Crippen molar-refractivity contribution >= 4 is 29.7 Å². The van der Waals surface area contributed by atoms with E-state index in [1.807, 2.05) is 31.2 Å². The molecule has 2 heterocycles. The van der Waals surface area contributed by atoms with Gasteiger partial charge in [-0.15, -0.1) is 23.7 Å². The molecule has 1 unspecified atom stereocenters. The second kappa shape index (κ2) is 8.48. The molecule has 1 atom stereocenters. The van der Waals surface area contributed by atoms with Crippen molar-refractivity contribution < 1.29 is 4.79 Å². The van der Waals surface area contributed by atoms with E-state index in [2.05, 4.69) is 27.7 Å². The Kier molecular flexibility index (Phi) is 6.63. The maximum Gasteiger partial charge on any atom is 0.251 e. The highest BCUT2D eigenvalue weighted by molar-refractivity contribution is 7.10. The van der Waals surface area contributed by atoms with Crippen LogP contribution in [-0.2, 0) is 0 Å². The Bertz CT molecular complexity index is 606. The molecule has 124 valence electrons. The van der Waals surface area contributed by atoms with Crippen LogP contribution in [0, 0.1) is 6.92 Å². The average Bonchev–Trinajstić information content (AvgIpc) is 3.22. The number of benzene rings is 1. The van der Waals surface area contributed by atoms with Gasteiger partial charge >= 0.3 is 0 Å². The van der Waals surface area contributed by atoms with Crippen molar-refractivity contribution in [2.24, 2.45) is 0 Å².